The third-order valence-electron chi connectivity index (χ3n) is 3.59. The maximum absolute atomic E-state index is 12.1. The molecule has 0 aromatic heterocycles. The molecule has 0 unspecified atom stereocenters. The predicted octanol–water partition coefficient (Wildman–Crippen LogP) is 2.47. The molecule has 1 aromatic rings. The zero-order valence-corrected chi connectivity index (χ0v) is 11.5. The number of anilines is 1. The highest BCUT2D eigenvalue weighted by atomic mass is 16.3. The zero-order chi connectivity index (χ0) is 13.9. The van der Waals surface area contributed by atoms with E-state index in [-0.39, 0.29) is 11.7 Å². The Kier molecular flexibility index (Phi) is 4.35. The van der Waals surface area contributed by atoms with Crippen LogP contribution < -0.4 is 11.1 Å². The fraction of sp³-hybridized carbons (Fsp3) is 0.500. The van der Waals surface area contributed by atoms with Gasteiger partial charge < -0.3 is 16.2 Å². The standard InChI is InChI=1S/C14H22N2O2/c1-5-14(15,6-2)13(18)16-11-8-7-9(3)12(17)10(11)4/h7-8,17H,5-6,15H2,1-4H3,(H,16,18). The van der Waals surface area contributed by atoms with E-state index in [9.17, 15) is 9.90 Å². The Morgan fingerprint density at radius 3 is 2.39 bits per heavy atom. The molecule has 4 nitrogen and oxygen atoms in total. The summed E-state index contributed by atoms with van der Waals surface area (Å²) in [7, 11) is 0. The van der Waals surface area contributed by atoms with Gasteiger partial charge in [-0.25, -0.2) is 0 Å². The lowest BCUT2D eigenvalue weighted by Crippen LogP contribution is -2.50. The van der Waals surface area contributed by atoms with Gasteiger partial charge in [0.2, 0.25) is 5.91 Å². The van der Waals surface area contributed by atoms with Gasteiger partial charge in [-0.2, -0.15) is 0 Å². The number of rotatable bonds is 4. The fourth-order valence-electron chi connectivity index (χ4n) is 1.79. The minimum atomic E-state index is -0.854. The van der Waals surface area contributed by atoms with E-state index >= 15 is 0 Å². The third kappa shape index (κ3) is 2.64. The Labute approximate surface area is 108 Å². The molecule has 1 amide bonds. The number of benzene rings is 1. The van der Waals surface area contributed by atoms with Gasteiger partial charge in [-0.15, -0.1) is 0 Å². The molecule has 0 aliphatic carbocycles. The van der Waals surface area contributed by atoms with E-state index in [4.69, 9.17) is 5.73 Å². The summed E-state index contributed by atoms with van der Waals surface area (Å²) in [5, 5.41) is 12.6. The van der Waals surface area contributed by atoms with E-state index in [0.717, 1.165) is 5.56 Å². The number of amides is 1. The minimum absolute atomic E-state index is 0.209. The average Bonchev–Trinajstić information content (AvgIpc) is 2.38. The number of nitrogens with two attached hydrogens (primary N) is 1. The summed E-state index contributed by atoms with van der Waals surface area (Å²) in [4.78, 5) is 12.1. The maximum atomic E-state index is 12.1. The molecule has 0 bridgehead atoms. The highest BCUT2D eigenvalue weighted by Crippen LogP contribution is 2.28. The van der Waals surface area contributed by atoms with Crippen LogP contribution in [0.1, 0.15) is 37.8 Å². The van der Waals surface area contributed by atoms with Gasteiger partial charge in [0.05, 0.1) is 5.54 Å². The molecule has 0 aliphatic heterocycles. The van der Waals surface area contributed by atoms with Crippen LogP contribution in [0.2, 0.25) is 0 Å². The normalized spacial score (nSPS) is 11.4. The van der Waals surface area contributed by atoms with Crippen molar-refractivity contribution in [1.29, 1.82) is 0 Å². The second-order valence-corrected chi connectivity index (χ2v) is 4.72. The van der Waals surface area contributed by atoms with Crippen molar-refractivity contribution < 1.29 is 9.90 Å². The second kappa shape index (κ2) is 5.40. The molecule has 0 aliphatic rings. The zero-order valence-electron chi connectivity index (χ0n) is 11.5. The summed E-state index contributed by atoms with van der Waals surface area (Å²) in [5.41, 5.74) is 7.24. The average molecular weight is 250 g/mol. The van der Waals surface area contributed by atoms with Gasteiger partial charge in [-0.3, -0.25) is 4.79 Å². The lowest BCUT2D eigenvalue weighted by molar-refractivity contribution is -0.121. The molecule has 0 heterocycles. The van der Waals surface area contributed by atoms with Gasteiger partial charge in [-0.05, 0) is 38.3 Å². The predicted molar refractivity (Wildman–Crippen MR) is 73.7 cm³/mol. The van der Waals surface area contributed by atoms with Gasteiger partial charge in [-0.1, -0.05) is 19.9 Å². The smallest absolute Gasteiger partial charge is 0.244 e. The first-order chi connectivity index (χ1) is 8.35. The van der Waals surface area contributed by atoms with E-state index < -0.39 is 5.54 Å². The number of phenolic OH excluding ortho intramolecular Hbond substituents is 1. The van der Waals surface area contributed by atoms with Crippen molar-refractivity contribution in [2.75, 3.05) is 5.32 Å². The second-order valence-electron chi connectivity index (χ2n) is 4.72. The van der Waals surface area contributed by atoms with E-state index in [1.807, 2.05) is 20.8 Å². The van der Waals surface area contributed by atoms with Crippen LogP contribution in [0.25, 0.3) is 0 Å². The molecule has 100 valence electrons. The number of phenols is 1. The molecular weight excluding hydrogens is 228 g/mol. The Hall–Kier alpha value is -1.55. The van der Waals surface area contributed by atoms with Gasteiger partial charge in [0.15, 0.2) is 0 Å². The van der Waals surface area contributed by atoms with E-state index in [1.54, 1.807) is 19.1 Å². The Morgan fingerprint density at radius 1 is 1.33 bits per heavy atom. The minimum Gasteiger partial charge on any atom is -0.507 e. The summed E-state index contributed by atoms with van der Waals surface area (Å²) >= 11 is 0. The lowest BCUT2D eigenvalue weighted by Gasteiger charge is -2.25. The van der Waals surface area contributed by atoms with Crippen molar-refractivity contribution in [3.05, 3.63) is 23.3 Å². The van der Waals surface area contributed by atoms with Crippen LogP contribution in [-0.2, 0) is 4.79 Å². The van der Waals surface area contributed by atoms with E-state index in [1.165, 1.54) is 0 Å². The number of nitrogens with one attached hydrogen (secondary N) is 1. The summed E-state index contributed by atoms with van der Waals surface area (Å²) < 4.78 is 0. The van der Waals surface area contributed by atoms with Crippen LogP contribution in [0.5, 0.6) is 5.75 Å². The number of hydrogen-bond acceptors (Lipinski definition) is 3. The number of carbonyl (C=O) groups excluding carboxylic acids is 1. The molecule has 0 saturated carbocycles. The Morgan fingerprint density at radius 2 is 1.89 bits per heavy atom. The first-order valence-electron chi connectivity index (χ1n) is 6.25. The van der Waals surface area contributed by atoms with Crippen molar-refractivity contribution in [2.45, 2.75) is 46.1 Å². The highest BCUT2D eigenvalue weighted by molar-refractivity contribution is 5.98. The van der Waals surface area contributed by atoms with Gasteiger partial charge >= 0.3 is 0 Å². The topological polar surface area (TPSA) is 75.4 Å². The van der Waals surface area contributed by atoms with Crippen LogP contribution in [0.3, 0.4) is 0 Å². The number of carbonyl (C=O) groups is 1. The van der Waals surface area contributed by atoms with Crippen LogP contribution in [0.4, 0.5) is 5.69 Å². The van der Waals surface area contributed by atoms with E-state index in [0.29, 0.717) is 24.1 Å². The van der Waals surface area contributed by atoms with Crippen molar-refractivity contribution >= 4 is 11.6 Å². The number of hydrogen-bond donors (Lipinski definition) is 3. The largest absolute Gasteiger partial charge is 0.507 e. The number of aromatic hydroxyl groups is 1. The first-order valence-corrected chi connectivity index (χ1v) is 6.25. The van der Waals surface area contributed by atoms with Crippen molar-refractivity contribution in [3.8, 4) is 5.75 Å². The molecule has 18 heavy (non-hydrogen) atoms. The van der Waals surface area contributed by atoms with Gasteiger partial charge in [0.1, 0.15) is 5.75 Å². The van der Waals surface area contributed by atoms with Crippen molar-refractivity contribution in [2.24, 2.45) is 5.73 Å². The monoisotopic (exact) mass is 250 g/mol. The third-order valence-corrected chi connectivity index (χ3v) is 3.59. The quantitative estimate of drug-likeness (QED) is 0.768. The SMILES string of the molecule is CCC(N)(CC)C(=O)Nc1ccc(C)c(O)c1C. The molecule has 0 fully saturated rings. The first kappa shape index (κ1) is 14.5. The molecule has 0 radical (unpaired) electrons. The summed E-state index contributed by atoms with van der Waals surface area (Å²) in [6.45, 7) is 7.37. The van der Waals surface area contributed by atoms with Crippen LogP contribution >= 0.6 is 0 Å². The molecular formula is C14H22N2O2. The lowest BCUT2D eigenvalue weighted by atomic mass is 9.93. The van der Waals surface area contributed by atoms with E-state index in [2.05, 4.69) is 5.32 Å². The van der Waals surface area contributed by atoms with Gasteiger partial charge in [0.25, 0.3) is 0 Å². The van der Waals surface area contributed by atoms with Crippen LogP contribution in [0, 0.1) is 13.8 Å². The highest BCUT2D eigenvalue weighted by Gasteiger charge is 2.30. The summed E-state index contributed by atoms with van der Waals surface area (Å²) in [6.07, 6.45) is 1.15. The molecule has 1 aromatic carbocycles. The number of aryl methyl sites for hydroxylation is 1. The molecule has 0 spiro atoms. The van der Waals surface area contributed by atoms with Crippen LogP contribution in [0.15, 0.2) is 12.1 Å². The molecule has 1 rings (SSSR count). The molecule has 4 N–H and O–H groups in total. The maximum Gasteiger partial charge on any atom is 0.244 e. The van der Waals surface area contributed by atoms with Crippen molar-refractivity contribution in [1.82, 2.24) is 0 Å². The Bertz CT molecular complexity index is 451. The summed E-state index contributed by atoms with van der Waals surface area (Å²) in [6, 6.07) is 3.56. The van der Waals surface area contributed by atoms with Crippen LogP contribution in [-0.4, -0.2) is 16.6 Å². The summed E-state index contributed by atoms with van der Waals surface area (Å²) in [5.74, 6) is 0.00210. The molecule has 0 atom stereocenters. The fourth-order valence-corrected chi connectivity index (χ4v) is 1.79. The Balaban J connectivity index is 2.99. The molecule has 0 saturated heterocycles. The van der Waals surface area contributed by atoms with Gasteiger partial charge in [0, 0.05) is 11.3 Å². The van der Waals surface area contributed by atoms with Crippen molar-refractivity contribution in [3.63, 3.8) is 0 Å². The molecule has 4 heteroatoms.